The molecule has 1 N–H and O–H groups in total. The van der Waals surface area contributed by atoms with E-state index >= 15 is 0 Å². The summed E-state index contributed by atoms with van der Waals surface area (Å²) < 4.78 is 1.64. The van der Waals surface area contributed by atoms with Gasteiger partial charge in [0.25, 0.3) is 5.56 Å². The van der Waals surface area contributed by atoms with Crippen molar-refractivity contribution in [1.29, 1.82) is 0 Å². The first-order valence-electron chi connectivity index (χ1n) is 5.85. The van der Waals surface area contributed by atoms with E-state index in [0.717, 1.165) is 5.69 Å². The van der Waals surface area contributed by atoms with Crippen molar-refractivity contribution in [2.24, 2.45) is 7.05 Å². The van der Waals surface area contributed by atoms with E-state index in [1.54, 1.807) is 48.5 Å². The van der Waals surface area contributed by atoms with Crippen molar-refractivity contribution >= 4 is 34.7 Å². The molecule has 3 aromatic rings. The summed E-state index contributed by atoms with van der Waals surface area (Å²) in [6.07, 6.45) is 8.09. The molecule has 0 aromatic carbocycles. The Balaban J connectivity index is 2.06. The molecule has 6 nitrogen and oxygen atoms in total. The molecule has 0 fully saturated rings. The lowest BCUT2D eigenvalue weighted by Gasteiger charge is -1.98. The maximum absolute atomic E-state index is 11.9. The SMILES string of the molecule is Cn1ncc(Cl)c1C=Cc1nc2cnccc2c(=O)[nH]1. The highest BCUT2D eigenvalue weighted by atomic mass is 35.5. The van der Waals surface area contributed by atoms with Crippen LogP contribution in [0.4, 0.5) is 0 Å². The third-order valence-corrected chi connectivity index (χ3v) is 3.16. The van der Waals surface area contributed by atoms with Crippen LogP contribution in [0.1, 0.15) is 11.5 Å². The van der Waals surface area contributed by atoms with Crippen molar-refractivity contribution in [2.75, 3.05) is 0 Å². The summed E-state index contributed by atoms with van der Waals surface area (Å²) >= 11 is 6.00. The van der Waals surface area contributed by atoms with Gasteiger partial charge in [0, 0.05) is 13.2 Å². The molecule has 3 heterocycles. The van der Waals surface area contributed by atoms with Crippen molar-refractivity contribution in [2.45, 2.75) is 0 Å². The van der Waals surface area contributed by atoms with E-state index in [-0.39, 0.29) is 5.56 Å². The molecule has 100 valence electrons. The average Bonchev–Trinajstić information content (AvgIpc) is 2.76. The minimum atomic E-state index is -0.201. The lowest BCUT2D eigenvalue weighted by molar-refractivity contribution is 0.760. The highest BCUT2D eigenvalue weighted by Gasteiger charge is 2.04. The van der Waals surface area contributed by atoms with Crippen LogP contribution in [0.15, 0.2) is 29.5 Å². The van der Waals surface area contributed by atoms with Gasteiger partial charge in [-0.15, -0.1) is 0 Å². The number of pyridine rings is 1. The average molecular weight is 288 g/mol. The number of halogens is 1. The van der Waals surface area contributed by atoms with Gasteiger partial charge in [-0.25, -0.2) is 4.98 Å². The van der Waals surface area contributed by atoms with Crippen LogP contribution in [-0.2, 0) is 7.05 Å². The number of aromatic amines is 1. The summed E-state index contributed by atoms with van der Waals surface area (Å²) in [6.45, 7) is 0. The molecule has 0 aliphatic heterocycles. The van der Waals surface area contributed by atoms with Crippen molar-refractivity contribution in [3.05, 3.63) is 51.6 Å². The maximum atomic E-state index is 11.9. The molecular weight excluding hydrogens is 278 g/mol. The second-order valence-corrected chi connectivity index (χ2v) is 4.59. The van der Waals surface area contributed by atoms with Gasteiger partial charge in [-0.1, -0.05) is 11.6 Å². The first-order valence-corrected chi connectivity index (χ1v) is 6.22. The van der Waals surface area contributed by atoms with E-state index in [9.17, 15) is 4.79 Å². The standard InChI is InChI=1S/C13H10ClN5O/c1-19-11(9(14)6-16-19)2-3-12-17-10-7-15-5-4-8(10)13(20)18-12/h2-7H,1H3,(H,17,18,20). The first kappa shape index (κ1) is 12.6. The van der Waals surface area contributed by atoms with E-state index in [0.29, 0.717) is 21.7 Å². The van der Waals surface area contributed by atoms with E-state index in [4.69, 9.17) is 11.6 Å². The molecule has 0 bridgehead atoms. The Morgan fingerprint density at radius 3 is 2.95 bits per heavy atom. The molecule has 0 saturated heterocycles. The van der Waals surface area contributed by atoms with E-state index in [1.807, 2.05) is 0 Å². The molecule has 0 amide bonds. The number of fused-ring (bicyclic) bond motifs is 1. The summed E-state index contributed by atoms with van der Waals surface area (Å²) in [6, 6.07) is 1.63. The normalized spacial score (nSPS) is 11.5. The van der Waals surface area contributed by atoms with Gasteiger partial charge in [0.15, 0.2) is 0 Å². The van der Waals surface area contributed by atoms with Gasteiger partial charge in [0.05, 0.1) is 34.0 Å². The number of hydrogen-bond acceptors (Lipinski definition) is 4. The monoisotopic (exact) mass is 287 g/mol. The predicted molar refractivity (Wildman–Crippen MR) is 77.3 cm³/mol. The van der Waals surface area contributed by atoms with Crippen LogP contribution in [0.3, 0.4) is 0 Å². The summed E-state index contributed by atoms with van der Waals surface area (Å²) in [5.41, 5.74) is 1.08. The molecule has 0 saturated carbocycles. The molecule has 0 aliphatic carbocycles. The number of nitrogens with one attached hydrogen (secondary N) is 1. The number of rotatable bonds is 2. The lowest BCUT2D eigenvalue weighted by atomic mass is 10.3. The minimum Gasteiger partial charge on any atom is -0.306 e. The Labute approximate surface area is 118 Å². The van der Waals surface area contributed by atoms with Gasteiger partial charge < -0.3 is 4.98 Å². The quantitative estimate of drug-likeness (QED) is 0.781. The second kappa shape index (κ2) is 4.90. The van der Waals surface area contributed by atoms with Crippen molar-refractivity contribution in [3.63, 3.8) is 0 Å². The third kappa shape index (κ3) is 2.21. The second-order valence-electron chi connectivity index (χ2n) is 4.18. The van der Waals surface area contributed by atoms with Crippen LogP contribution < -0.4 is 5.56 Å². The third-order valence-electron chi connectivity index (χ3n) is 2.86. The number of aryl methyl sites for hydroxylation is 1. The van der Waals surface area contributed by atoms with Crippen molar-refractivity contribution in [3.8, 4) is 0 Å². The smallest absolute Gasteiger partial charge is 0.259 e. The van der Waals surface area contributed by atoms with Crippen LogP contribution in [0, 0.1) is 0 Å². The fourth-order valence-electron chi connectivity index (χ4n) is 1.85. The molecule has 0 atom stereocenters. The molecule has 3 aromatic heterocycles. The molecule has 0 spiro atoms. The fraction of sp³-hybridized carbons (Fsp3) is 0.0769. The van der Waals surface area contributed by atoms with Crippen molar-refractivity contribution < 1.29 is 0 Å². The Kier molecular flexibility index (Phi) is 3.08. The Morgan fingerprint density at radius 2 is 2.20 bits per heavy atom. The Hall–Kier alpha value is -2.47. The molecular formula is C13H10ClN5O. The molecule has 20 heavy (non-hydrogen) atoms. The zero-order valence-electron chi connectivity index (χ0n) is 10.5. The number of aromatic nitrogens is 5. The summed E-state index contributed by atoms with van der Waals surface area (Å²) in [5.74, 6) is 0.438. The van der Waals surface area contributed by atoms with Gasteiger partial charge >= 0.3 is 0 Å². The largest absolute Gasteiger partial charge is 0.306 e. The number of nitrogens with zero attached hydrogens (tertiary/aromatic N) is 4. The Bertz CT molecular complexity index is 845. The molecule has 3 rings (SSSR count). The summed E-state index contributed by atoms with van der Waals surface area (Å²) in [4.78, 5) is 22.9. The highest BCUT2D eigenvalue weighted by molar-refractivity contribution is 6.31. The fourth-order valence-corrected chi connectivity index (χ4v) is 2.08. The zero-order valence-corrected chi connectivity index (χ0v) is 11.3. The van der Waals surface area contributed by atoms with Crippen LogP contribution in [0.25, 0.3) is 23.1 Å². The van der Waals surface area contributed by atoms with E-state index in [1.165, 1.54) is 0 Å². The van der Waals surface area contributed by atoms with Crippen LogP contribution >= 0.6 is 11.6 Å². The lowest BCUT2D eigenvalue weighted by Crippen LogP contribution is -2.09. The van der Waals surface area contributed by atoms with E-state index < -0.39 is 0 Å². The molecule has 0 radical (unpaired) electrons. The van der Waals surface area contributed by atoms with Crippen LogP contribution in [-0.4, -0.2) is 24.7 Å². The number of H-pyrrole nitrogens is 1. The van der Waals surface area contributed by atoms with E-state index in [2.05, 4.69) is 20.1 Å². The first-order chi connectivity index (χ1) is 9.65. The highest BCUT2D eigenvalue weighted by Crippen LogP contribution is 2.16. The topological polar surface area (TPSA) is 76.5 Å². The van der Waals surface area contributed by atoms with Gasteiger partial charge in [0.1, 0.15) is 5.82 Å². The van der Waals surface area contributed by atoms with Gasteiger partial charge in [-0.2, -0.15) is 5.10 Å². The van der Waals surface area contributed by atoms with Gasteiger partial charge in [-0.05, 0) is 18.2 Å². The molecule has 0 aliphatic rings. The van der Waals surface area contributed by atoms with Crippen LogP contribution in [0.2, 0.25) is 5.02 Å². The summed E-state index contributed by atoms with van der Waals surface area (Å²) in [7, 11) is 1.78. The zero-order chi connectivity index (χ0) is 14.1. The van der Waals surface area contributed by atoms with Crippen molar-refractivity contribution in [1.82, 2.24) is 24.7 Å². The van der Waals surface area contributed by atoms with Gasteiger partial charge in [0.2, 0.25) is 0 Å². The van der Waals surface area contributed by atoms with Crippen LogP contribution in [0.5, 0.6) is 0 Å². The Morgan fingerprint density at radius 1 is 1.35 bits per heavy atom. The predicted octanol–water partition coefficient (Wildman–Crippen LogP) is 1.88. The molecule has 7 heteroatoms. The van der Waals surface area contributed by atoms with Gasteiger partial charge in [-0.3, -0.25) is 14.5 Å². The maximum Gasteiger partial charge on any atom is 0.259 e. The minimum absolute atomic E-state index is 0.201. The molecule has 0 unspecified atom stereocenters. The number of hydrogen-bond donors (Lipinski definition) is 1. The summed E-state index contributed by atoms with van der Waals surface area (Å²) in [5, 5.41) is 5.07.